The Labute approximate surface area is 119 Å². The van der Waals surface area contributed by atoms with Crippen LogP contribution in [0.5, 0.6) is 0 Å². The largest absolute Gasteiger partial charge is 0.320 e. The monoisotopic (exact) mass is 262 g/mol. The first-order chi connectivity index (χ1) is 9.75. The van der Waals surface area contributed by atoms with Gasteiger partial charge in [0.25, 0.3) is 0 Å². The van der Waals surface area contributed by atoms with Gasteiger partial charge in [-0.3, -0.25) is 4.90 Å². The van der Waals surface area contributed by atoms with Gasteiger partial charge in [-0.05, 0) is 58.8 Å². The van der Waals surface area contributed by atoms with Gasteiger partial charge in [0.2, 0.25) is 0 Å². The Morgan fingerprint density at radius 2 is 1.90 bits per heavy atom. The highest BCUT2D eigenvalue weighted by molar-refractivity contribution is 5.86. The van der Waals surface area contributed by atoms with Crippen LogP contribution < -0.4 is 5.73 Å². The first-order valence-corrected chi connectivity index (χ1v) is 7.49. The molecule has 0 aromatic heterocycles. The first kappa shape index (κ1) is 11.1. The Balaban J connectivity index is 1.94. The van der Waals surface area contributed by atoms with E-state index in [0.29, 0.717) is 6.04 Å². The summed E-state index contributed by atoms with van der Waals surface area (Å²) in [5.74, 6) is 0. The standard InChI is InChI=1S/C18H18N2/c1-20-8-7-10-5-6-13-17-15-11(9-14(20)16(10)17)3-2-4-12(15)18(13)19/h2-6,14,18H,7-9,19H2,1H3/t14-,18-/m1/s1. The van der Waals surface area contributed by atoms with Crippen molar-refractivity contribution in [1.82, 2.24) is 4.90 Å². The molecule has 5 rings (SSSR count). The molecule has 3 aliphatic rings. The van der Waals surface area contributed by atoms with Crippen molar-refractivity contribution in [1.29, 1.82) is 0 Å². The van der Waals surface area contributed by atoms with E-state index in [1.54, 1.807) is 11.1 Å². The summed E-state index contributed by atoms with van der Waals surface area (Å²) in [6.45, 7) is 1.16. The maximum Gasteiger partial charge on any atom is 0.0564 e. The molecular weight excluding hydrogens is 244 g/mol. The summed E-state index contributed by atoms with van der Waals surface area (Å²) in [5, 5.41) is 0. The molecule has 2 nitrogen and oxygen atoms in total. The van der Waals surface area contributed by atoms with Gasteiger partial charge in [0.15, 0.2) is 0 Å². The molecule has 0 bridgehead atoms. The third kappa shape index (κ3) is 1.13. The molecule has 2 aromatic rings. The molecule has 1 heterocycles. The van der Waals surface area contributed by atoms with Gasteiger partial charge in [-0.15, -0.1) is 0 Å². The Kier molecular flexibility index (Phi) is 1.94. The Hall–Kier alpha value is -1.64. The number of benzene rings is 2. The summed E-state index contributed by atoms with van der Waals surface area (Å²) in [6, 6.07) is 11.9. The van der Waals surface area contributed by atoms with Crippen LogP contribution in [0, 0.1) is 0 Å². The molecular formula is C18H18N2. The molecule has 0 spiro atoms. The van der Waals surface area contributed by atoms with Crippen molar-refractivity contribution in [2.75, 3.05) is 13.6 Å². The average Bonchev–Trinajstić information content (AvgIpc) is 2.77. The van der Waals surface area contributed by atoms with Crippen LogP contribution in [0.1, 0.15) is 39.9 Å². The number of hydrogen-bond acceptors (Lipinski definition) is 2. The second-order valence-corrected chi connectivity index (χ2v) is 6.41. The lowest BCUT2D eigenvalue weighted by atomic mass is 9.77. The average molecular weight is 262 g/mol. The zero-order valence-electron chi connectivity index (χ0n) is 11.7. The lowest BCUT2D eigenvalue weighted by Gasteiger charge is -2.39. The van der Waals surface area contributed by atoms with Crippen LogP contribution >= 0.6 is 0 Å². The van der Waals surface area contributed by atoms with E-state index in [4.69, 9.17) is 5.73 Å². The number of likely N-dealkylation sites (N-methyl/N-ethyl adjacent to an activating group) is 1. The Morgan fingerprint density at radius 1 is 1.05 bits per heavy atom. The fourth-order valence-corrected chi connectivity index (χ4v) is 4.48. The molecule has 2 N–H and O–H groups in total. The maximum absolute atomic E-state index is 6.50. The summed E-state index contributed by atoms with van der Waals surface area (Å²) < 4.78 is 0. The van der Waals surface area contributed by atoms with E-state index >= 15 is 0 Å². The van der Waals surface area contributed by atoms with E-state index in [9.17, 15) is 0 Å². The summed E-state index contributed by atoms with van der Waals surface area (Å²) >= 11 is 0. The second kappa shape index (κ2) is 3.51. The number of nitrogens with two attached hydrogens (primary N) is 1. The van der Waals surface area contributed by atoms with E-state index in [0.717, 1.165) is 13.0 Å². The first-order valence-electron chi connectivity index (χ1n) is 7.49. The van der Waals surface area contributed by atoms with Crippen molar-refractivity contribution in [3.05, 3.63) is 58.1 Å². The fourth-order valence-electron chi connectivity index (χ4n) is 4.48. The summed E-state index contributed by atoms with van der Waals surface area (Å²) in [5.41, 5.74) is 16.7. The maximum atomic E-state index is 6.50. The molecule has 2 aromatic carbocycles. The van der Waals surface area contributed by atoms with Gasteiger partial charge >= 0.3 is 0 Å². The smallest absolute Gasteiger partial charge is 0.0564 e. The predicted molar refractivity (Wildman–Crippen MR) is 80.7 cm³/mol. The predicted octanol–water partition coefficient (Wildman–Crippen LogP) is 2.80. The zero-order valence-corrected chi connectivity index (χ0v) is 11.7. The van der Waals surface area contributed by atoms with E-state index in [2.05, 4.69) is 42.3 Å². The van der Waals surface area contributed by atoms with Gasteiger partial charge < -0.3 is 5.73 Å². The van der Waals surface area contributed by atoms with Crippen molar-refractivity contribution in [2.24, 2.45) is 5.73 Å². The Bertz CT molecular complexity index is 747. The molecule has 1 aliphatic heterocycles. The molecule has 0 unspecified atom stereocenters. The molecule has 0 fully saturated rings. The van der Waals surface area contributed by atoms with Crippen LogP contribution in [0.15, 0.2) is 30.3 Å². The van der Waals surface area contributed by atoms with Gasteiger partial charge in [0.1, 0.15) is 0 Å². The molecule has 2 aliphatic carbocycles. The highest BCUT2D eigenvalue weighted by atomic mass is 15.1. The van der Waals surface area contributed by atoms with Crippen molar-refractivity contribution in [3.63, 3.8) is 0 Å². The molecule has 0 saturated carbocycles. The van der Waals surface area contributed by atoms with E-state index < -0.39 is 0 Å². The van der Waals surface area contributed by atoms with Gasteiger partial charge in [-0.25, -0.2) is 0 Å². The lowest BCUT2D eigenvalue weighted by molar-refractivity contribution is 0.228. The summed E-state index contributed by atoms with van der Waals surface area (Å²) in [7, 11) is 2.26. The minimum atomic E-state index is 0.0660. The second-order valence-electron chi connectivity index (χ2n) is 6.41. The molecule has 2 atom stereocenters. The molecule has 0 saturated heterocycles. The van der Waals surface area contributed by atoms with E-state index in [1.807, 2.05) is 0 Å². The molecule has 100 valence electrons. The van der Waals surface area contributed by atoms with Crippen molar-refractivity contribution >= 4 is 0 Å². The van der Waals surface area contributed by atoms with Crippen LogP contribution in [-0.2, 0) is 12.8 Å². The quantitative estimate of drug-likeness (QED) is 0.791. The van der Waals surface area contributed by atoms with Crippen molar-refractivity contribution in [2.45, 2.75) is 24.9 Å². The minimum Gasteiger partial charge on any atom is -0.320 e. The minimum absolute atomic E-state index is 0.0660. The van der Waals surface area contributed by atoms with Gasteiger partial charge in [0, 0.05) is 12.6 Å². The SMILES string of the molecule is CN1CCc2ccc3c4c2[C@H]1Cc1cccc(c1-4)[C@H]3N. The van der Waals surface area contributed by atoms with E-state index in [-0.39, 0.29) is 6.04 Å². The third-order valence-electron chi connectivity index (χ3n) is 5.48. The molecule has 0 radical (unpaired) electrons. The molecule has 2 heteroatoms. The highest BCUT2D eigenvalue weighted by Gasteiger charge is 2.39. The van der Waals surface area contributed by atoms with Crippen molar-refractivity contribution in [3.8, 4) is 11.1 Å². The van der Waals surface area contributed by atoms with Crippen LogP contribution in [0.2, 0.25) is 0 Å². The summed E-state index contributed by atoms with van der Waals surface area (Å²) in [6.07, 6.45) is 2.30. The van der Waals surface area contributed by atoms with Gasteiger partial charge in [0.05, 0.1) is 6.04 Å². The topological polar surface area (TPSA) is 29.3 Å². The van der Waals surface area contributed by atoms with Crippen LogP contribution in [0.4, 0.5) is 0 Å². The number of rotatable bonds is 0. The normalized spacial score (nSPS) is 25.7. The summed E-state index contributed by atoms with van der Waals surface area (Å²) in [4.78, 5) is 2.52. The lowest BCUT2D eigenvalue weighted by Crippen LogP contribution is -2.35. The van der Waals surface area contributed by atoms with E-state index in [1.165, 1.54) is 34.2 Å². The molecule has 0 amide bonds. The number of nitrogens with zero attached hydrogens (tertiary/aromatic N) is 1. The van der Waals surface area contributed by atoms with Gasteiger partial charge in [-0.2, -0.15) is 0 Å². The number of hydrogen-bond donors (Lipinski definition) is 1. The molecule has 20 heavy (non-hydrogen) atoms. The third-order valence-corrected chi connectivity index (χ3v) is 5.48. The van der Waals surface area contributed by atoms with Crippen LogP contribution in [0.25, 0.3) is 11.1 Å². The zero-order chi connectivity index (χ0) is 13.4. The van der Waals surface area contributed by atoms with Crippen LogP contribution in [0.3, 0.4) is 0 Å². The fraction of sp³-hybridized carbons (Fsp3) is 0.333. The van der Waals surface area contributed by atoms with Gasteiger partial charge in [-0.1, -0.05) is 30.3 Å². The van der Waals surface area contributed by atoms with Crippen molar-refractivity contribution < 1.29 is 0 Å². The van der Waals surface area contributed by atoms with Crippen LogP contribution in [-0.4, -0.2) is 18.5 Å². The highest BCUT2D eigenvalue weighted by Crippen LogP contribution is 2.53. The Morgan fingerprint density at radius 3 is 2.80 bits per heavy atom.